The van der Waals surface area contributed by atoms with Gasteiger partial charge in [0.25, 0.3) is 0 Å². The second-order valence-corrected chi connectivity index (χ2v) is 11.6. The van der Waals surface area contributed by atoms with Crippen LogP contribution in [0.2, 0.25) is 0 Å². The van der Waals surface area contributed by atoms with Crippen LogP contribution in [0.5, 0.6) is 0 Å². The van der Waals surface area contributed by atoms with Gasteiger partial charge in [0.1, 0.15) is 5.82 Å². The highest BCUT2D eigenvalue weighted by Crippen LogP contribution is 2.51. The largest absolute Gasteiger partial charge is 0.416 e. The zero-order valence-electron chi connectivity index (χ0n) is 21.8. The first kappa shape index (κ1) is 26.3. The molecule has 5 fully saturated rings. The molecule has 4 aliphatic heterocycles. The first-order valence-electron chi connectivity index (χ1n) is 13.8. The number of methoxy groups -OCH3 is 1. The van der Waals surface area contributed by atoms with Crippen molar-refractivity contribution in [2.75, 3.05) is 51.5 Å². The molecule has 4 saturated heterocycles. The van der Waals surface area contributed by atoms with E-state index in [4.69, 9.17) is 14.2 Å². The molecule has 1 aromatic heterocycles. The number of halogens is 3. The summed E-state index contributed by atoms with van der Waals surface area (Å²) in [7, 11) is 1.72. The fourth-order valence-electron chi connectivity index (χ4n) is 7.60. The van der Waals surface area contributed by atoms with E-state index in [2.05, 4.69) is 10.3 Å². The Morgan fingerprint density at radius 3 is 2.68 bits per heavy atom. The lowest BCUT2D eigenvalue weighted by atomic mass is 9.71. The molecule has 1 unspecified atom stereocenters. The molecular weight excluding hydrogens is 501 g/mol. The van der Waals surface area contributed by atoms with E-state index in [1.54, 1.807) is 7.11 Å². The van der Waals surface area contributed by atoms with Crippen molar-refractivity contribution < 1.29 is 32.2 Å². The number of carbonyl (C=O) groups excluding carboxylic acids is 1. The molecule has 1 aliphatic carbocycles. The van der Waals surface area contributed by atoms with Gasteiger partial charge in [0, 0.05) is 51.7 Å². The number of amides is 1. The lowest BCUT2D eigenvalue weighted by molar-refractivity contribution is -0.147. The van der Waals surface area contributed by atoms with E-state index in [1.165, 1.54) is 6.20 Å². The summed E-state index contributed by atoms with van der Waals surface area (Å²) in [5.74, 6) is 0.736. The number of hydrogen-bond acceptors (Lipinski definition) is 7. The van der Waals surface area contributed by atoms with Crippen LogP contribution >= 0.6 is 0 Å². The molecule has 6 rings (SSSR count). The van der Waals surface area contributed by atoms with Gasteiger partial charge in [-0.25, -0.2) is 4.98 Å². The Morgan fingerprint density at radius 1 is 1.16 bits per heavy atom. The van der Waals surface area contributed by atoms with Crippen LogP contribution in [0.15, 0.2) is 18.3 Å². The number of likely N-dealkylation sites (tertiary alicyclic amines) is 1. The minimum absolute atomic E-state index is 0.00835. The minimum atomic E-state index is -4.41. The number of nitrogens with one attached hydrogen (secondary N) is 1. The van der Waals surface area contributed by atoms with Crippen LogP contribution in [-0.4, -0.2) is 92.7 Å². The fraction of sp³-hybridized carbons (Fsp3) is 0.778. The lowest BCUT2D eigenvalue weighted by Gasteiger charge is -2.42. The van der Waals surface area contributed by atoms with Gasteiger partial charge in [-0.05, 0) is 56.6 Å². The third kappa shape index (κ3) is 4.69. The second kappa shape index (κ2) is 10.2. The Labute approximate surface area is 221 Å². The summed E-state index contributed by atoms with van der Waals surface area (Å²) < 4.78 is 56.8. The highest BCUT2D eigenvalue weighted by molar-refractivity contribution is 5.85. The zero-order chi connectivity index (χ0) is 26.5. The van der Waals surface area contributed by atoms with Gasteiger partial charge in [0.15, 0.2) is 0 Å². The summed E-state index contributed by atoms with van der Waals surface area (Å²) in [5.41, 5.74) is -1.16. The average Bonchev–Trinajstić information content (AvgIpc) is 3.72. The van der Waals surface area contributed by atoms with Crippen molar-refractivity contribution in [3.8, 4) is 0 Å². The summed E-state index contributed by atoms with van der Waals surface area (Å²) in [4.78, 5) is 22.6. The normalized spacial score (nSPS) is 37.4. The van der Waals surface area contributed by atoms with Crippen molar-refractivity contribution in [3.63, 3.8) is 0 Å². The molecule has 210 valence electrons. The summed E-state index contributed by atoms with van der Waals surface area (Å²) in [6, 6.07) is 2.54. The Hall–Kier alpha value is -1.95. The first-order chi connectivity index (χ1) is 18.3. The minimum Gasteiger partial charge on any atom is -0.381 e. The van der Waals surface area contributed by atoms with Gasteiger partial charge in [-0.1, -0.05) is 0 Å². The highest BCUT2D eigenvalue weighted by atomic mass is 19.4. The first-order valence-corrected chi connectivity index (χ1v) is 13.8. The average molecular weight is 539 g/mol. The molecule has 1 N–H and O–H groups in total. The number of pyridine rings is 1. The van der Waals surface area contributed by atoms with E-state index < -0.39 is 17.2 Å². The third-order valence-corrected chi connectivity index (χ3v) is 9.61. The molecule has 0 radical (unpaired) electrons. The third-order valence-electron chi connectivity index (χ3n) is 9.61. The van der Waals surface area contributed by atoms with E-state index in [-0.39, 0.29) is 42.1 Å². The van der Waals surface area contributed by atoms with Crippen molar-refractivity contribution >= 4 is 11.7 Å². The molecule has 1 saturated carbocycles. The highest BCUT2D eigenvalue weighted by Gasteiger charge is 2.57. The Morgan fingerprint density at radius 2 is 1.97 bits per heavy atom. The Bertz CT molecular complexity index is 1020. The van der Waals surface area contributed by atoms with Crippen LogP contribution < -0.4 is 10.2 Å². The maximum atomic E-state index is 14.3. The van der Waals surface area contributed by atoms with Crippen LogP contribution in [0.1, 0.15) is 44.1 Å². The van der Waals surface area contributed by atoms with Gasteiger partial charge < -0.3 is 29.3 Å². The molecule has 0 spiro atoms. The van der Waals surface area contributed by atoms with Crippen molar-refractivity contribution in [1.29, 1.82) is 0 Å². The smallest absolute Gasteiger partial charge is 0.381 e. The number of ether oxygens (including phenoxy) is 3. The van der Waals surface area contributed by atoms with Gasteiger partial charge in [0.05, 0.1) is 42.4 Å². The maximum Gasteiger partial charge on any atom is 0.416 e. The summed E-state index contributed by atoms with van der Waals surface area (Å²) in [6.45, 7) is 3.62. The van der Waals surface area contributed by atoms with Crippen LogP contribution in [0.25, 0.3) is 0 Å². The van der Waals surface area contributed by atoms with Gasteiger partial charge in [-0.2, -0.15) is 13.2 Å². The Kier molecular flexibility index (Phi) is 7.07. The number of anilines is 1. The van der Waals surface area contributed by atoms with E-state index in [1.807, 2.05) is 9.80 Å². The quantitative estimate of drug-likeness (QED) is 0.597. The number of hydrogen-bond donors (Lipinski definition) is 1. The van der Waals surface area contributed by atoms with Crippen LogP contribution in [0, 0.1) is 11.3 Å². The standard InChI is InChI=1S/C27H37F3N4O4/c1-36-23-16-38-9-5-22(23)32-19-2-6-26(12-19,18-4-8-37-15-18)25(35)34-14-20-11-21(34)13-33(20)24-10-17(3-7-31-24)27(28,29)30/h3,7,10,18-23,32H,2,4-6,8-9,11-16H2,1H3/t18?,19-,20-,21-,22+,23-,26+/m1/s1. The molecule has 11 heteroatoms. The monoisotopic (exact) mass is 538 g/mol. The van der Waals surface area contributed by atoms with Crippen molar-refractivity contribution in [2.45, 2.75) is 75.0 Å². The molecule has 5 heterocycles. The van der Waals surface area contributed by atoms with Crippen LogP contribution in [-0.2, 0) is 25.2 Å². The van der Waals surface area contributed by atoms with E-state index in [0.29, 0.717) is 45.3 Å². The molecule has 1 aromatic rings. The number of rotatable bonds is 6. The summed E-state index contributed by atoms with van der Waals surface area (Å²) >= 11 is 0. The fourth-order valence-corrected chi connectivity index (χ4v) is 7.60. The molecule has 8 nitrogen and oxygen atoms in total. The van der Waals surface area contributed by atoms with Gasteiger partial charge >= 0.3 is 6.18 Å². The number of aromatic nitrogens is 1. The number of nitrogens with zero attached hydrogens (tertiary/aromatic N) is 3. The Balaban J connectivity index is 1.16. The molecule has 2 bridgehead atoms. The maximum absolute atomic E-state index is 14.3. The summed E-state index contributed by atoms with van der Waals surface area (Å²) in [5, 5.41) is 3.80. The number of piperazine rings is 1. The number of alkyl halides is 3. The SMILES string of the molecule is CO[C@@H]1COCC[C@@H]1N[C@@H]1CC[C@@](C(=O)N2C[C@H]3C[C@@H]2CN3c2cc(C(F)(F)F)ccn2)(C2CCOC2)C1. The second-order valence-electron chi connectivity index (χ2n) is 11.6. The van der Waals surface area contributed by atoms with Crippen LogP contribution in [0.3, 0.4) is 0 Å². The van der Waals surface area contributed by atoms with Crippen molar-refractivity contribution in [3.05, 3.63) is 23.9 Å². The van der Waals surface area contributed by atoms with Gasteiger partial charge in [-0.15, -0.1) is 0 Å². The molecule has 7 atom stereocenters. The molecular formula is C27H37F3N4O4. The predicted octanol–water partition coefficient (Wildman–Crippen LogP) is 2.86. The number of carbonyl (C=O) groups is 1. The van der Waals surface area contributed by atoms with E-state index >= 15 is 0 Å². The predicted molar refractivity (Wildman–Crippen MR) is 133 cm³/mol. The molecule has 38 heavy (non-hydrogen) atoms. The molecule has 1 amide bonds. The van der Waals surface area contributed by atoms with Crippen molar-refractivity contribution in [2.24, 2.45) is 11.3 Å². The van der Waals surface area contributed by atoms with Gasteiger partial charge in [0.2, 0.25) is 5.91 Å². The van der Waals surface area contributed by atoms with Gasteiger partial charge in [-0.3, -0.25) is 4.79 Å². The zero-order valence-corrected chi connectivity index (χ0v) is 21.8. The molecule has 0 aromatic carbocycles. The topological polar surface area (TPSA) is 76.2 Å². The number of fused-ring (bicyclic) bond motifs is 2. The van der Waals surface area contributed by atoms with Crippen molar-refractivity contribution in [1.82, 2.24) is 15.2 Å². The van der Waals surface area contributed by atoms with Crippen LogP contribution in [0.4, 0.5) is 19.0 Å². The van der Waals surface area contributed by atoms with E-state index in [0.717, 1.165) is 50.7 Å². The lowest BCUT2D eigenvalue weighted by Crippen LogP contribution is -2.55. The summed E-state index contributed by atoms with van der Waals surface area (Å²) in [6.07, 6.45) is 1.89. The van der Waals surface area contributed by atoms with E-state index in [9.17, 15) is 18.0 Å². The molecule has 5 aliphatic rings.